The van der Waals surface area contributed by atoms with E-state index in [-0.39, 0.29) is 0 Å². The highest BCUT2D eigenvalue weighted by Crippen LogP contribution is 2.22. The minimum absolute atomic E-state index is 0.368. The molecule has 0 fully saturated rings. The quantitative estimate of drug-likeness (QED) is 0.641. The zero-order valence-corrected chi connectivity index (χ0v) is 11.8. The van der Waals surface area contributed by atoms with Gasteiger partial charge in [0.2, 0.25) is 0 Å². The van der Waals surface area contributed by atoms with Crippen LogP contribution >= 0.6 is 27.5 Å². The summed E-state index contributed by atoms with van der Waals surface area (Å²) in [6, 6.07) is 4.98. The molecule has 0 aliphatic rings. The predicted octanol–water partition coefficient (Wildman–Crippen LogP) is 2.60. The van der Waals surface area contributed by atoms with Crippen molar-refractivity contribution in [2.24, 2.45) is 0 Å². The van der Waals surface area contributed by atoms with Crippen LogP contribution in [0.15, 0.2) is 24.5 Å². The van der Waals surface area contributed by atoms with Crippen LogP contribution in [0.1, 0.15) is 16.2 Å². The van der Waals surface area contributed by atoms with Crippen LogP contribution in [0.2, 0.25) is 5.02 Å². The second-order valence-electron chi connectivity index (χ2n) is 3.40. The first kappa shape index (κ1) is 13.0. The monoisotopic (exact) mass is 329 g/mol. The molecule has 2 rings (SSSR count). The van der Waals surface area contributed by atoms with Gasteiger partial charge in [-0.05, 0) is 18.2 Å². The first-order valence-corrected chi connectivity index (χ1v) is 6.50. The Morgan fingerprint density at radius 3 is 3.00 bits per heavy atom. The highest BCUT2D eigenvalue weighted by Gasteiger charge is 2.16. The number of carbonyl (C=O) groups excluding carboxylic acids is 1. The van der Waals surface area contributed by atoms with Gasteiger partial charge in [-0.1, -0.05) is 27.5 Å². The SMILES string of the molecule is COC(=O)c1cc(Cl)ccc1-n1cnnc1CBr. The summed E-state index contributed by atoms with van der Waals surface area (Å²) >= 11 is 9.21. The molecule has 0 atom stereocenters. The van der Waals surface area contributed by atoms with E-state index in [9.17, 15) is 4.79 Å². The summed E-state index contributed by atoms with van der Waals surface area (Å²) in [7, 11) is 1.32. The summed E-state index contributed by atoms with van der Waals surface area (Å²) in [6.07, 6.45) is 1.53. The molecule has 0 bridgehead atoms. The molecule has 0 saturated heterocycles. The van der Waals surface area contributed by atoms with E-state index < -0.39 is 5.97 Å². The number of nitrogens with zero attached hydrogens (tertiary/aromatic N) is 3. The fourth-order valence-corrected chi connectivity index (χ4v) is 2.10. The molecule has 18 heavy (non-hydrogen) atoms. The number of rotatable bonds is 3. The number of carbonyl (C=O) groups is 1. The van der Waals surface area contributed by atoms with Crippen molar-refractivity contribution in [2.75, 3.05) is 7.11 Å². The third-order valence-electron chi connectivity index (χ3n) is 2.36. The van der Waals surface area contributed by atoms with Crippen molar-refractivity contribution in [2.45, 2.75) is 5.33 Å². The van der Waals surface area contributed by atoms with E-state index in [2.05, 4.69) is 26.1 Å². The Labute approximate surface area is 117 Å². The molecule has 5 nitrogen and oxygen atoms in total. The van der Waals surface area contributed by atoms with Gasteiger partial charge in [0.1, 0.15) is 12.2 Å². The fourth-order valence-electron chi connectivity index (χ4n) is 1.54. The molecule has 0 radical (unpaired) electrons. The minimum Gasteiger partial charge on any atom is -0.465 e. The zero-order valence-electron chi connectivity index (χ0n) is 9.43. The summed E-state index contributed by atoms with van der Waals surface area (Å²) in [6.45, 7) is 0. The number of benzene rings is 1. The Morgan fingerprint density at radius 1 is 1.56 bits per heavy atom. The van der Waals surface area contributed by atoms with E-state index in [1.54, 1.807) is 22.8 Å². The maximum Gasteiger partial charge on any atom is 0.340 e. The van der Waals surface area contributed by atoms with Gasteiger partial charge in [0.25, 0.3) is 0 Å². The maximum atomic E-state index is 11.7. The van der Waals surface area contributed by atoms with Gasteiger partial charge in [-0.3, -0.25) is 4.57 Å². The van der Waals surface area contributed by atoms with Crippen LogP contribution in [0.5, 0.6) is 0 Å². The number of halogens is 2. The van der Waals surface area contributed by atoms with Crippen LogP contribution in [-0.4, -0.2) is 27.8 Å². The number of hydrogen-bond acceptors (Lipinski definition) is 4. The predicted molar refractivity (Wildman–Crippen MR) is 70.3 cm³/mol. The van der Waals surface area contributed by atoms with Crippen molar-refractivity contribution >= 4 is 33.5 Å². The lowest BCUT2D eigenvalue weighted by Crippen LogP contribution is -2.09. The number of aromatic nitrogens is 3. The van der Waals surface area contributed by atoms with Gasteiger partial charge in [-0.2, -0.15) is 0 Å². The van der Waals surface area contributed by atoms with Gasteiger partial charge in [0, 0.05) is 5.02 Å². The van der Waals surface area contributed by atoms with Crippen molar-refractivity contribution in [3.63, 3.8) is 0 Å². The molecule has 0 aliphatic heterocycles. The standard InChI is InChI=1S/C11H9BrClN3O2/c1-18-11(17)8-4-7(13)2-3-9(8)16-6-14-15-10(16)5-12/h2-4,6H,5H2,1H3. The summed E-state index contributed by atoms with van der Waals surface area (Å²) in [5, 5.41) is 8.75. The van der Waals surface area contributed by atoms with E-state index in [0.29, 0.717) is 27.4 Å². The third kappa shape index (κ3) is 2.39. The molecule has 1 aromatic carbocycles. The molecule has 1 heterocycles. The number of hydrogen-bond donors (Lipinski definition) is 0. The van der Waals surface area contributed by atoms with Gasteiger partial charge in [0.05, 0.1) is 23.7 Å². The zero-order chi connectivity index (χ0) is 13.1. The second kappa shape index (κ2) is 5.49. The highest BCUT2D eigenvalue weighted by molar-refractivity contribution is 9.08. The maximum absolute atomic E-state index is 11.7. The van der Waals surface area contributed by atoms with Gasteiger partial charge >= 0.3 is 5.97 Å². The molecule has 0 amide bonds. The number of methoxy groups -OCH3 is 1. The Balaban J connectivity index is 2.60. The molecule has 94 valence electrons. The van der Waals surface area contributed by atoms with Crippen LogP contribution in [0, 0.1) is 0 Å². The van der Waals surface area contributed by atoms with Gasteiger partial charge in [-0.15, -0.1) is 10.2 Å². The largest absolute Gasteiger partial charge is 0.465 e. The fraction of sp³-hybridized carbons (Fsp3) is 0.182. The average molecular weight is 331 g/mol. The topological polar surface area (TPSA) is 57.0 Å². The van der Waals surface area contributed by atoms with Crippen molar-refractivity contribution in [1.82, 2.24) is 14.8 Å². The van der Waals surface area contributed by atoms with Crippen LogP contribution in [0.4, 0.5) is 0 Å². The Morgan fingerprint density at radius 2 is 2.33 bits per heavy atom. The van der Waals surface area contributed by atoms with Gasteiger partial charge in [-0.25, -0.2) is 4.79 Å². The first-order chi connectivity index (χ1) is 8.67. The van der Waals surface area contributed by atoms with Gasteiger partial charge < -0.3 is 4.74 Å². The second-order valence-corrected chi connectivity index (χ2v) is 4.40. The molecule has 0 unspecified atom stereocenters. The van der Waals surface area contributed by atoms with Gasteiger partial charge in [0.15, 0.2) is 0 Å². The molecule has 7 heteroatoms. The lowest BCUT2D eigenvalue weighted by molar-refractivity contribution is 0.0601. The molecular formula is C11H9BrClN3O2. The van der Waals surface area contributed by atoms with Crippen molar-refractivity contribution in [3.8, 4) is 5.69 Å². The minimum atomic E-state index is -0.457. The van der Waals surface area contributed by atoms with Crippen LogP contribution in [0.3, 0.4) is 0 Å². The lowest BCUT2D eigenvalue weighted by atomic mass is 10.1. The number of esters is 1. The summed E-state index contributed by atoms with van der Waals surface area (Å²) in [5.74, 6) is 0.226. The highest BCUT2D eigenvalue weighted by atomic mass is 79.9. The van der Waals surface area contributed by atoms with Crippen LogP contribution in [0.25, 0.3) is 5.69 Å². The van der Waals surface area contributed by atoms with E-state index in [1.807, 2.05) is 0 Å². The summed E-state index contributed by atoms with van der Waals surface area (Å²) < 4.78 is 6.45. The molecule has 1 aromatic heterocycles. The smallest absolute Gasteiger partial charge is 0.340 e. The summed E-state index contributed by atoms with van der Waals surface area (Å²) in [5.41, 5.74) is 0.998. The number of alkyl halides is 1. The molecular weight excluding hydrogens is 321 g/mol. The van der Waals surface area contributed by atoms with E-state index >= 15 is 0 Å². The van der Waals surface area contributed by atoms with E-state index in [0.717, 1.165) is 0 Å². The first-order valence-electron chi connectivity index (χ1n) is 5.00. The molecule has 2 aromatic rings. The van der Waals surface area contributed by atoms with E-state index in [1.165, 1.54) is 13.4 Å². The van der Waals surface area contributed by atoms with Crippen LogP contribution in [-0.2, 0) is 10.1 Å². The normalized spacial score (nSPS) is 10.4. The van der Waals surface area contributed by atoms with Crippen molar-refractivity contribution in [3.05, 3.63) is 40.9 Å². The Bertz CT molecular complexity index is 585. The third-order valence-corrected chi connectivity index (χ3v) is 3.10. The molecule has 0 N–H and O–H groups in total. The van der Waals surface area contributed by atoms with E-state index in [4.69, 9.17) is 16.3 Å². The number of ether oxygens (including phenoxy) is 1. The molecule has 0 aliphatic carbocycles. The summed E-state index contributed by atoms with van der Waals surface area (Å²) in [4.78, 5) is 11.7. The Kier molecular flexibility index (Phi) is 3.98. The van der Waals surface area contributed by atoms with Crippen molar-refractivity contribution in [1.29, 1.82) is 0 Å². The van der Waals surface area contributed by atoms with Crippen LogP contribution < -0.4 is 0 Å². The molecule has 0 spiro atoms. The van der Waals surface area contributed by atoms with Crippen molar-refractivity contribution < 1.29 is 9.53 Å². The average Bonchev–Trinajstić information content (AvgIpc) is 2.85. The lowest BCUT2D eigenvalue weighted by Gasteiger charge is -2.10. The molecule has 0 saturated carbocycles. The Hall–Kier alpha value is -1.40.